The molecule has 1 unspecified atom stereocenters. The van der Waals surface area contributed by atoms with Crippen molar-refractivity contribution < 1.29 is 17.9 Å². The average molecular weight is 228 g/mol. The lowest BCUT2D eigenvalue weighted by Crippen LogP contribution is -2.13. The Hall–Kier alpha value is -1.29. The molecule has 1 aliphatic rings. The Labute approximate surface area is 91.5 Å². The van der Waals surface area contributed by atoms with E-state index in [0.717, 1.165) is 6.07 Å². The van der Waals surface area contributed by atoms with Crippen LogP contribution < -0.4 is 0 Å². The van der Waals surface area contributed by atoms with Crippen LogP contribution in [-0.4, -0.2) is 13.7 Å². The van der Waals surface area contributed by atoms with Crippen LogP contribution in [0.1, 0.15) is 22.6 Å². The Morgan fingerprint density at radius 2 is 2.06 bits per heavy atom. The first-order chi connectivity index (χ1) is 7.54. The van der Waals surface area contributed by atoms with E-state index in [1.54, 1.807) is 18.2 Å². The normalized spacial score (nSPS) is 18.9. The Morgan fingerprint density at radius 3 is 2.69 bits per heavy atom. The Morgan fingerprint density at radius 1 is 1.31 bits per heavy atom. The van der Waals surface area contributed by atoms with Crippen molar-refractivity contribution in [1.82, 2.24) is 0 Å². The summed E-state index contributed by atoms with van der Waals surface area (Å²) in [7, 11) is 1.49. The highest BCUT2D eigenvalue weighted by molar-refractivity contribution is 5.65. The van der Waals surface area contributed by atoms with Crippen LogP contribution in [0, 0.1) is 0 Å². The van der Waals surface area contributed by atoms with Crippen LogP contribution in [0.15, 0.2) is 24.3 Å². The number of rotatable bonds is 2. The maximum atomic E-state index is 12.8. The van der Waals surface area contributed by atoms with Crippen LogP contribution in [0.5, 0.6) is 0 Å². The van der Waals surface area contributed by atoms with E-state index >= 15 is 0 Å². The molecule has 0 N–H and O–H groups in total. The van der Waals surface area contributed by atoms with Gasteiger partial charge < -0.3 is 4.74 Å². The first-order valence-electron chi connectivity index (χ1n) is 4.91. The molecule has 86 valence electrons. The molecule has 16 heavy (non-hydrogen) atoms. The fourth-order valence-corrected chi connectivity index (χ4v) is 2.02. The van der Waals surface area contributed by atoms with Gasteiger partial charge in [0.25, 0.3) is 0 Å². The molecule has 1 aliphatic carbocycles. The van der Waals surface area contributed by atoms with Crippen LogP contribution in [-0.2, 0) is 10.9 Å². The van der Waals surface area contributed by atoms with Crippen molar-refractivity contribution in [2.24, 2.45) is 0 Å². The van der Waals surface area contributed by atoms with E-state index in [9.17, 15) is 13.2 Å². The van der Waals surface area contributed by atoms with Gasteiger partial charge in [0.2, 0.25) is 0 Å². The standard InChI is InChI=1S/C12H11F3O/c1-16-7-9-6-5-8-3-2-4-10(11(8)9)12(13,14)15/h2-6,9H,7H2,1H3. The van der Waals surface area contributed by atoms with Gasteiger partial charge in [-0.15, -0.1) is 0 Å². The maximum Gasteiger partial charge on any atom is 0.416 e. The van der Waals surface area contributed by atoms with Gasteiger partial charge in [0.15, 0.2) is 0 Å². The van der Waals surface area contributed by atoms with E-state index in [2.05, 4.69) is 0 Å². The van der Waals surface area contributed by atoms with Crippen molar-refractivity contribution in [2.75, 3.05) is 13.7 Å². The molecule has 0 aromatic heterocycles. The minimum Gasteiger partial charge on any atom is -0.384 e. The van der Waals surface area contributed by atoms with E-state index in [-0.39, 0.29) is 12.5 Å². The zero-order valence-corrected chi connectivity index (χ0v) is 8.71. The van der Waals surface area contributed by atoms with Crippen molar-refractivity contribution in [2.45, 2.75) is 12.1 Å². The van der Waals surface area contributed by atoms with Gasteiger partial charge >= 0.3 is 6.18 Å². The number of alkyl halides is 3. The molecule has 1 aromatic carbocycles. The SMILES string of the molecule is COCC1C=Cc2cccc(C(F)(F)F)c21. The summed E-state index contributed by atoms with van der Waals surface area (Å²) in [5.41, 5.74) is 0.408. The molecule has 4 heteroatoms. The van der Waals surface area contributed by atoms with E-state index < -0.39 is 11.7 Å². The van der Waals surface area contributed by atoms with Crippen LogP contribution in [0.3, 0.4) is 0 Å². The number of hydrogen-bond donors (Lipinski definition) is 0. The second-order valence-corrected chi connectivity index (χ2v) is 3.73. The quantitative estimate of drug-likeness (QED) is 0.753. The van der Waals surface area contributed by atoms with Crippen molar-refractivity contribution in [3.05, 3.63) is 41.0 Å². The number of benzene rings is 1. The number of ether oxygens (including phenoxy) is 1. The van der Waals surface area contributed by atoms with E-state index in [4.69, 9.17) is 4.74 Å². The van der Waals surface area contributed by atoms with E-state index in [1.165, 1.54) is 13.2 Å². The second-order valence-electron chi connectivity index (χ2n) is 3.73. The second kappa shape index (κ2) is 3.94. The molecule has 0 aliphatic heterocycles. The molecule has 0 spiro atoms. The molecule has 2 rings (SSSR count). The summed E-state index contributed by atoms with van der Waals surface area (Å²) < 4.78 is 43.3. The molecule has 1 nitrogen and oxygen atoms in total. The largest absolute Gasteiger partial charge is 0.416 e. The highest BCUT2D eigenvalue weighted by atomic mass is 19.4. The average Bonchev–Trinajstić information content (AvgIpc) is 2.61. The van der Waals surface area contributed by atoms with Crippen LogP contribution in [0.2, 0.25) is 0 Å². The Kier molecular flexibility index (Phi) is 2.76. The molecule has 0 bridgehead atoms. The van der Waals surface area contributed by atoms with Gasteiger partial charge in [0, 0.05) is 13.0 Å². The topological polar surface area (TPSA) is 9.23 Å². The van der Waals surface area contributed by atoms with Gasteiger partial charge in [0.1, 0.15) is 0 Å². The van der Waals surface area contributed by atoms with Gasteiger partial charge in [-0.2, -0.15) is 13.2 Å². The minimum absolute atomic E-state index is 0.274. The molecular weight excluding hydrogens is 217 g/mol. The fraction of sp³-hybridized carbons (Fsp3) is 0.333. The summed E-state index contributed by atoms with van der Waals surface area (Å²) in [5, 5.41) is 0. The summed E-state index contributed by atoms with van der Waals surface area (Å²) in [5.74, 6) is -0.294. The zero-order chi connectivity index (χ0) is 11.8. The smallest absolute Gasteiger partial charge is 0.384 e. The monoisotopic (exact) mass is 228 g/mol. The predicted octanol–water partition coefficient (Wildman–Crippen LogP) is 3.46. The Bertz CT molecular complexity index is 421. The molecule has 0 radical (unpaired) electrons. The lowest BCUT2D eigenvalue weighted by atomic mass is 9.95. The minimum atomic E-state index is -4.30. The molecule has 0 saturated carbocycles. The molecule has 0 fully saturated rings. The lowest BCUT2D eigenvalue weighted by Gasteiger charge is -2.17. The molecule has 1 aromatic rings. The van der Waals surface area contributed by atoms with E-state index in [0.29, 0.717) is 11.1 Å². The van der Waals surface area contributed by atoms with Crippen molar-refractivity contribution in [1.29, 1.82) is 0 Å². The highest BCUT2D eigenvalue weighted by Crippen LogP contribution is 2.40. The van der Waals surface area contributed by atoms with Gasteiger partial charge in [-0.05, 0) is 17.2 Å². The molecule has 0 amide bonds. The molecular formula is C12H11F3O. The highest BCUT2D eigenvalue weighted by Gasteiger charge is 2.36. The van der Waals surface area contributed by atoms with Crippen LogP contribution >= 0.6 is 0 Å². The zero-order valence-electron chi connectivity index (χ0n) is 8.71. The maximum absolute atomic E-state index is 12.8. The van der Waals surface area contributed by atoms with Crippen molar-refractivity contribution in [3.63, 3.8) is 0 Å². The summed E-state index contributed by atoms with van der Waals surface area (Å²) >= 11 is 0. The van der Waals surface area contributed by atoms with Gasteiger partial charge in [-0.1, -0.05) is 24.3 Å². The van der Waals surface area contributed by atoms with E-state index in [1.807, 2.05) is 0 Å². The molecule has 0 heterocycles. The van der Waals surface area contributed by atoms with Crippen LogP contribution in [0.4, 0.5) is 13.2 Å². The summed E-state index contributed by atoms with van der Waals surface area (Å²) in [6.45, 7) is 0.274. The summed E-state index contributed by atoms with van der Waals surface area (Å²) in [4.78, 5) is 0. The third-order valence-corrected chi connectivity index (χ3v) is 2.67. The fourth-order valence-electron chi connectivity index (χ4n) is 2.02. The number of halogens is 3. The number of hydrogen-bond acceptors (Lipinski definition) is 1. The third kappa shape index (κ3) is 1.85. The number of methoxy groups -OCH3 is 1. The molecule has 1 atom stereocenters. The first-order valence-corrected chi connectivity index (χ1v) is 4.91. The summed E-state index contributed by atoms with van der Waals surface area (Å²) in [6, 6.07) is 4.24. The van der Waals surface area contributed by atoms with Crippen LogP contribution in [0.25, 0.3) is 6.08 Å². The van der Waals surface area contributed by atoms with Crippen molar-refractivity contribution in [3.8, 4) is 0 Å². The third-order valence-electron chi connectivity index (χ3n) is 2.67. The number of fused-ring (bicyclic) bond motifs is 1. The Balaban J connectivity index is 2.48. The first kappa shape index (κ1) is 11.2. The van der Waals surface area contributed by atoms with Crippen molar-refractivity contribution >= 4 is 6.08 Å². The molecule has 0 saturated heterocycles. The lowest BCUT2D eigenvalue weighted by molar-refractivity contribution is -0.138. The van der Waals surface area contributed by atoms with Gasteiger partial charge in [-0.3, -0.25) is 0 Å². The van der Waals surface area contributed by atoms with Gasteiger partial charge in [-0.25, -0.2) is 0 Å². The van der Waals surface area contributed by atoms with Gasteiger partial charge in [0.05, 0.1) is 12.2 Å². The summed E-state index contributed by atoms with van der Waals surface area (Å²) in [6.07, 6.45) is -0.832. The predicted molar refractivity (Wildman–Crippen MR) is 55.1 cm³/mol.